The standard InChI is InChI=1S/C17H12F4N2O2S/c1-16(25,26-13-6-3-11(18)4-7-13)15(24)23-12-5-2-10(9-22)14(8-12)17(19,20)21/h2-8,25H,1H3,(H,23,24). The molecule has 4 nitrogen and oxygen atoms in total. The quantitative estimate of drug-likeness (QED) is 0.472. The highest BCUT2D eigenvalue weighted by atomic mass is 32.2. The number of aliphatic hydroxyl groups is 1. The van der Waals surface area contributed by atoms with Crippen LogP contribution in [-0.4, -0.2) is 15.9 Å². The SMILES string of the molecule is CC(O)(Sc1ccc(F)cc1)C(=O)Nc1ccc(C#N)c(C(F)(F)F)c1. The second-order valence-corrected chi connectivity index (χ2v) is 6.83. The molecule has 2 rings (SSSR count). The van der Waals surface area contributed by atoms with Crippen molar-refractivity contribution in [2.24, 2.45) is 0 Å². The van der Waals surface area contributed by atoms with E-state index < -0.39 is 34.0 Å². The number of hydrogen-bond acceptors (Lipinski definition) is 4. The molecule has 9 heteroatoms. The van der Waals surface area contributed by atoms with Crippen molar-refractivity contribution in [2.45, 2.75) is 22.9 Å². The lowest BCUT2D eigenvalue weighted by molar-refractivity contribution is -0.137. The van der Waals surface area contributed by atoms with E-state index in [1.54, 1.807) is 0 Å². The number of halogens is 4. The van der Waals surface area contributed by atoms with Crippen molar-refractivity contribution in [1.29, 1.82) is 5.26 Å². The van der Waals surface area contributed by atoms with Crippen LogP contribution >= 0.6 is 11.8 Å². The number of hydrogen-bond donors (Lipinski definition) is 2. The van der Waals surface area contributed by atoms with Crippen LogP contribution in [0.2, 0.25) is 0 Å². The average Bonchev–Trinajstić information content (AvgIpc) is 2.56. The van der Waals surface area contributed by atoms with E-state index in [-0.39, 0.29) is 5.69 Å². The number of carbonyl (C=O) groups is 1. The Kier molecular flexibility index (Phi) is 5.59. The largest absolute Gasteiger partial charge is 0.417 e. The number of alkyl halides is 3. The minimum atomic E-state index is -4.77. The molecule has 0 saturated heterocycles. The third-order valence-electron chi connectivity index (χ3n) is 3.25. The molecule has 1 atom stereocenters. The third-order valence-corrected chi connectivity index (χ3v) is 4.35. The molecule has 0 aliphatic rings. The van der Waals surface area contributed by atoms with E-state index >= 15 is 0 Å². The van der Waals surface area contributed by atoms with Crippen molar-refractivity contribution in [1.82, 2.24) is 0 Å². The molecule has 0 spiro atoms. The van der Waals surface area contributed by atoms with Gasteiger partial charge in [-0.25, -0.2) is 4.39 Å². The lowest BCUT2D eigenvalue weighted by atomic mass is 10.1. The molecule has 0 aromatic heterocycles. The molecular formula is C17H12F4N2O2S. The first-order chi connectivity index (χ1) is 12.0. The van der Waals surface area contributed by atoms with Crippen LogP contribution < -0.4 is 5.32 Å². The number of nitrogens with zero attached hydrogens (tertiary/aromatic N) is 1. The zero-order valence-electron chi connectivity index (χ0n) is 13.3. The van der Waals surface area contributed by atoms with E-state index in [4.69, 9.17) is 5.26 Å². The number of amides is 1. The van der Waals surface area contributed by atoms with Crippen LogP contribution in [0.3, 0.4) is 0 Å². The van der Waals surface area contributed by atoms with Crippen molar-refractivity contribution >= 4 is 23.4 Å². The van der Waals surface area contributed by atoms with Gasteiger partial charge in [-0.2, -0.15) is 18.4 Å². The zero-order valence-corrected chi connectivity index (χ0v) is 14.1. The van der Waals surface area contributed by atoms with Crippen LogP contribution in [0.4, 0.5) is 23.2 Å². The average molecular weight is 384 g/mol. The Morgan fingerprint density at radius 1 is 1.19 bits per heavy atom. The predicted octanol–water partition coefficient (Wildman–Crippen LogP) is 4.16. The lowest BCUT2D eigenvalue weighted by Gasteiger charge is -2.22. The zero-order chi connectivity index (χ0) is 19.5. The van der Waals surface area contributed by atoms with Crippen molar-refractivity contribution in [3.8, 4) is 6.07 Å². The fourth-order valence-electron chi connectivity index (χ4n) is 1.98. The van der Waals surface area contributed by atoms with Gasteiger partial charge in [-0.3, -0.25) is 4.79 Å². The Balaban J connectivity index is 2.20. The minimum Gasteiger partial charge on any atom is -0.371 e. The number of nitrogens with one attached hydrogen (secondary N) is 1. The van der Waals surface area contributed by atoms with Gasteiger partial charge in [0.15, 0.2) is 4.93 Å². The van der Waals surface area contributed by atoms with Gasteiger partial charge in [0, 0.05) is 10.6 Å². The van der Waals surface area contributed by atoms with Crippen molar-refractivity contribution in [2.75, 3.05) is 5.32 Å². The summed E-state index contributed by atoms with van der Waals surface area (Å²) in [6.07, 6.45) is -4.77. The predicted molar refractivity (Wildman–Crippen MR) is 87.7 cm³/mol. The number of anilines is 1. The Hall–Kier alpha value is -2.57. The molecule has 26 heavy (non-hydrogen) atoms. The summed E-state index contributed by atoms with van der Waals surface area (Å²) in [6, 6.07) is 9.11. The summed E-state index contributed by atoms with van der Waals surface area (Å²) in [5.41, 5.74) is -1.99. The van der Waals surface area contributed by atoms with Crippen LogP contribution in [0.25, 0.3) is 0 Å². The van der Waals surface area contributed by atoms with Gasteiger partial charge in [-0.15, -0.1) is 0 Å². The Bertz CT molecular complexity index is 859. The topological polar surface area (TPSA) is 73.1 Å². The van der Waals surface area contributed by atoms with E-state index in [1.807, 2.05) is 0 Å². The smallest absolute Gasteiger partial charge is 0.371 e. The van der Waals surface area contributed by atoms with Crippen molar-refractivity contribution in [3.63, 3.8) is 0 Å². The molecule has 0 aliphatic heterocycles. The van der Waals surface area contributed by atoms with E-state index in [0.29, 0.717) is 22.7 Å². The first-order valence-electron chi connectivity index (χ1n) is 7.12. The number of carbonyl (C=O) groups excluding carboxylic acids is 1. The molecule has 2 aromatic carbocycles. The van der Waals surface area contributed by atoms with Crippen molar-refractivity contribution < 1.29 is 27.5 Å². The highest BCUT2D eigenvalue weighted by molar-refractivity contribution is 8.01. The van der Waals surface area contributed by atoms with E-state index in [0.717, 1.165) is 31.2 Å². The van der Waals surface area contributed by atoms with Crippen molar-refractivity contribution in [3.05, 3.63) is 59.4 Å². The fourth-order valence-corrected chi connectivity index (χ4v) is 2.85. The van der Waals surface area contributed by atoms with Gasteiger partial charge in [0.1, 0.15) is 5.82 Å². The highest BCUT2D eigenvalue weighted by Gasteiger charge is 2.35. The van der Waals surface area contributed by atoms with Crippen LogP contribution in [0.1, 0.15) is 18.1 Å². The molecule has 136 valence electrons. The van der Waals surface area contributed by atoms with Crippen LogP contribution in [-0.2, 0) is 11.0 Å². The van der Waals surface area contributed by atoms with Gasteiger partial charge in [0.05, 0.1) is 17.2 Å². The maximum absolute atomic E-state index is 13.0. The van der Waals surface area contributed by atoms with Gasteiger partial charge in [-0.1, -0.05) is 11.8 Å². The first-order valence-corrected chi connectivity index (χ1v) is 7.94. The molecule has 0 heterocycles. The summed E-state index contributed by atoms with van der Waals surface area (Å²) in [4.78, 5) is 10.6. The monoisotopic (exact) mass is 384 g/mol. The van der Waals surface area contributed by atoms with Gasteiger partial charge >= 0.3 is 6.18 Å². The van der Waals surface area contributed by atoms with Gasteiger partial charge in [0.25, 0.3) is 5.91 Å². The molecule has 0 saturated carbocycles. The van der Waals surface area contributed by atoms with E-state index in [1.165, 1.54) is 18.2 Å². The third kappa shape index (κ3) is 4.74. The molecule has 0 radical (unpaired) electrons. The van der Waals surface area contributed by atoms with Gasteiger partial charge in [0.2, 0.25) is 0 Å². The molecular weight excluding hydrogens is 372 g/mol. The second-order valence-electron chi connectivity index (χ2n) is 5.36. The van der Waals surface area contributed by atoms with Crippen LogP contribution in [0.5, 0.6) is 0 Å². The molecule has 0 bridgehead atoms. The molecule has 1 unspecified atom stereocenters. The molecule has 1 amide bonds. The first kappa shape index (κ1) is 19.8. The number of benzene rings is 2. The summed E-state index contributed by atoms with van der Waals surface area (Å²) in [7, 11) is 0. The summed E-state index contributed by atoms with van der Waals surface area (Å²) in [5.74, 6) is -1.46. The Morgan fingerprint density at radius 2 is 1.81 bits per heavy atom. The maximum atomic E-state index is 13.0. The van der Waals surface area contributed by atoms with Crippen LogP contribution in [0, 0.1) is 17.1 Å². The number of nitriles is 1. The van der Waals surface area contributed by atoms with Gasteiger partial charge < -0.3 is 10.4 Å². The van der Waals surface area contributed by atoms with Gasteiger partial charge in [-0.05, 0) is 49.4 Å². The normalized spacial score (nSPS) is 13.6. The number of thioether (sulfide) groups is 1. The summed E-state index contributed by atoms with van der Waals surface area (Å²) in [6.45, 7) is 1.16. The Morgan fingerprint density at radius 3 is 2.35 bits per heavy atom. The van der Waals surface area contributed by atoms with E-state index in [9.17, 15) is 27.5 Å². The molecule has 0 fully saturated rings. The summed E-state index contributed by atoms with van der Waals surface area (Å²) >= 11 is 0.702. The molecule has 2 aromatic rings. The number of rotatable bonds is 4. The fraction of sp³-hybridized carbons (Fsp3) is 0.176. The molecule has 0 aliphatic carbocycles. The van der Waals surface area contributed by atoms with E-state index in [2.05, 4.69) is 5.32 Å². The highest BCUT2D eigenvalue weighted by Crippen LogP contribution is 2.35. The second kappa shape index (κ2) is 7.35. The van der Waals surface area contributed by atoms with Crippen LogP contribution in [0.15, 0.2) is 47.4 Å². The Labute approximate surface area is 150 Å². The molecule has 2 N–H and O–H groups in total. The maximum Gasteiger partial charge on any atom is 0.417 e. The summed E-state index contributed by atoms with van der Waals surface area (Å²) < 4.78 is 51.8. The summed E-state index contributed by atoms with van der Waals surface area (Å²) in [5, 5.41) is 21.2. The minimum absolute atomic E-state index is 0.221. The lowest BCUT2D eigenvalue weighted by Crippen LogP contribution is -2.36.